The second-order valence-corrected chi connectivity index (χ2v) is 5.99. The van der Waals surface area contributed by atoms with E-state index in [1.807, 2.05) is 31.3 Å². The third-order valence-corrected chi connectivity index (χ3v) is 4.01. The van der Waals surface area contributed by atoms with Crippen LogP contribution in [0.3, 0.4) is 0 Å². The Balaban J connectivity index is 0.000000413. The smallest absolute Gasteiger partial charge is 0.414 e. The topological polar surface area (TPSA) is 95.9 Å². The minimum atomic E-state index is -1.82. The normalized spacial score (nSPS) is 11.1. The molecule has 130 valence electrons. The molecular weight excluding hydrogens is 354 g/mol. The van der Waals surface area contributed by atoms with Crippen molar-refractivity contribution in [3.63, 3.8) is 0 Å². The molecule has 0 aliphatic rings. The van der Waals surface area contributed by atoms with Gasteiger partial charge < -0.3 is 20.3 Å². The second kappa shape index (κ2) is 10.6. The first-order valence-corrected chi connectivity index (χ1v) is 8.26. The lowest BCUT2D eigenvalue weighted by atomic mass is 10.2. The van der Waals surface area contributed by atoms with Gasteiger partial charge in [-0.05, 0) is 49.3 Å². The summed E-state index contributed by atoms with van der Waals surface area (Å²) in [6, 6.07) is 11.7. The van der Waals surface area contributed by atoms with E-state index in [-0.39, 0.29) is 6.10 Å². The number of hydrogen-bond donors (Lipinski definition) is 3. The maximum Gasteiger partial charge on any atom is 0.414 e. The van der Waals surface area contributed by atoms with Crippen molar-refractivity contribution in [1.29, 1.82) is 0 Å². The molecule has 1 aromatic carbocycles. The first kappa shape index (κ1) is 20.0. The molecule has 2 rings (SSSR count). The number of hydrogen-bond acceptors (Lipinski definition) is 5. The van der Waals surface area contributed by atoms with Crippen molar-refractivity contribution in [3.8, 4) is 5.75 Å². The first-order valence-electron chi connectivity index (χ1n) is 7.00. The summed E-state index contributed by atoms with van der Waals surface area (Å²) >= 11 is 7.59. The van der Waals surface area contributed by atoms with Gasteiger partial charge in [0, 0.05) is 16.3 Å². The van der Waals surface area contributed by atoms with E-state index in [4.69, 9.17) is 36.1 Å². The highest BCUT2D eigenvalue weighted by Crippen LogP contribution is 2.28. The van der Waals surface area contributed by atoms with Crippen LogP contribution in [-0.4, -0.2) is 35.7 Å². The highest BCUT2D eigenvalue weighted by atomic mass is 35.5. The van der Waals surface area contributed by atoms with Crippen molar-refractivity contribution < 1.29 is 24.5 Å². The zero-order chi connectivity index (χ0) is 17.9. The second-order valence-electron chi connectivity index (χ2n) is 4.58. The number of carboxylic acid groups (broad SMARTS) is 2. The fraction of sp³-hybridized carbons (Fsp3) is 0.250. The molecule has 0 fully saturated rings. The summed E-state index contributed by atoms with van der Waals surface area (Å²) in [6.45, 7) is 0.927. The summed E-state index contributed by atoms with van der Waals surface area (Å²) in [5.74, 6) is -2.79. The summed E-state index contributed by atoms with van der Waals surface area (Å²) in [4.78, 5) is 19.4. The van der Waals surface area contributed by atoms with Crippen LogP contribution in [-0.2, 0) is 9.59 Å². The van der Waals surface area contributed by atoms with Gasteiger partial charge in [-0.3, -0.25) is 0 Å². The Morgan fingerprint density at radius 1 is 1.21 bits per heavy atom. The Morgan fingerprint density at radius 3 is 2.29 bits per heavy atom. The molecule has 0 saturated heterocycles. The molecule has 8 heteroatoms. The minimum absolute atomic E-state index is 0.0959. The minimum Gasteiger partial charge on any atom is -0.485 e. The predicted octanol–water partition coefficient (Wildman–Crippen LogP) is 3.29. The molecule has 0 aliphatic heterocycles. The molecule has 0 amide bonds. The lowest BCUT2D eigenvalue weighted by molar-refractivity contribution is -0.159. The van der Waals surface area contributed by atoms with Gasteiger partial charge >= 0.3 is 11.9 Å². The van der Waals surface area contributed by atoms with Crippen molar-refractivity contribution in [1.82, 2.24) is 5.32 Å². The van der Waals surface area contributed by atoms with Gasteiger partial charge in [0.2, 0.25) is 0 Å². The standard InChI is InChI=1S/C14H16ClNOS.C2H2O4/c1-16-9-8-13(14-3-2-10-18-14)17-12-6-4-11(15)5-7-12;3-1(4)2(5)6/h2-7,10,13,16H,8-9H2,1H3;(H,3,4)(H,5,6). The number of halogens is 1. The molecule has 0 aliphatic carbocycles. The highest BCUT2D eigenvalue weighted by molar-refractivity contribution is 7.10. The summed E-state index contributed by atoms with van der Waals surface area (Å²) < 4.78 is 6.03. The molecule has 1 heterocycles. The van der Waals surface area contributed by atoms with Gasteiger partial charge in [-0.25, -0.2) is 9.59 Å². The van der Waals surface area contributed by atoms with Gasteiger partial charge in [0.15, 0.2) is 0 Å². The predicted molar refractivity (Wildman–Crippen MR) is 93.0 cm³/mol. The molecule has 1 atom stereocenters. The van der Waals surface area contributed by atoms with Crippen LogP contribution in [0.5, 0.6) is 5.75 Å². The number of ether oxygens (including phenoxy) is 1. The monoisotopic (exact) mass is 371 g/mol. The molecule has 6 nitrogen and oxygen atoms in total. The van der Waals surface area contributed by atoms with E-state index in [0.717, 1.165) is 23.7 Å². The third-order valence-electron chi connectivity index (χ3n) is 2.79. The van der Waals surface area contributed by atoms with Crippen LogP contribution in [0.1, 0.15) is 17.4 Å². The van der Waals surface area contributed by atoms with Crippen LogP contribution in [0.25, 0.3) is 0 Å². The van der Waals surface area contributed by atoms with Crippen molar-refractivity contribution in [2.75, 3.05) is 13.6 Å². The SMILES string of the molecule is CNCCC(Oc1ccc(Cl)cc1)c1cccs1.O=C(O)C(=O)O. The maximum atomic E-state index is 9.10. The van der Waals surface area contributed by atoms with Gasteiger partial charge in [-0.2, -0.15) is 0 Å². The molecule has 1 unspecified atom stereocenters. The van der Waals surface area contributed by atoms with Crippen LogP contribution < -0.4 is 10.1 Å². The molecule has 0 spiro atoms. The quantitative estimate of drug-likeness (QED) is 0.674. The molecule has 2 aromatic rings. The Hall–Kier alpha value is -2.09. The van der Waals surface area contributed by atoms with E-state index < -0.39 is 11.9 Å². The van der Waals surface area contributed by atoms with E-state index in [0.29, 0.717) is 0 Å². The zero-order valence-electron chi connectivity index (χ0n) is 12.9. The maximum absolute atomic E-state index is 9.10. The van der Waals surface area contributed by atoms with Crippen LogP contribution in [0.4, 0.5) is 0 Å². The molecule has 0 bridgehead atoms. The summed E-state index contributed by atoms with van der Waals surface area (Å²) in [5.41, 5.74) is 0. The average Bonchev–Trinajstić information content (AvgIpc) is 3.08. The zero-order valence-corrected chi connectivity index (χ0v) is 14.5. The first-order chi connectivity index (χ1) is 11.4. The van der Waals surface area contributed by atoms with Crippen LogP contribution in [0.2, 0.25) is 5.02 Å². The molecular formula is C16H18ClNO5S. The van der Waals surface area contributed by atoms with Crippen LogP contribution in [0, 0.1) is 0 Å². The summed E-state index contributed by atoms with van der Waals surface area (Å²) in [6.07, 6.45) is 1.04. The Morgan fingerprint density at radius 2 is 1.83 bits per heavy atom. The van der Waals surface area contributed by atoms with Crippen molar-refractivity contribution in [2.24, 2.45) is 0 Å². The Bertz CT molecular complexity index is 618. The summed E-state index contributed by atoms with van der Waals surface area (Å²) in [7, 11) is 1.95. The molecule has 0 radical (unpaired) electrons. The van der Waals surface area contributed by atoms with Gasteiger partial charge in [0.05, 0.1) is 0 Å². The van der Waals surface area contributed by atoms with E-state index >= 15 is 0 Å². The fourth-order valence-electron chi connectivity index (χ4n) is 1.69. The van der Waals surface area contributed by atoms with Crippen LogP contribution in [0.15, 0.2) is 41.8 Å². The third kappa shape index (κ3) is 7.45. The average molecular weight is 372 g/mol. The van der Waals surface area contributed by atoms with Gasteiger partial charge in [-0.1, -0.05) is 17.7 Å². The van der Waals surface area contributed by atoms with Crippen molar-refractivity contribution in [3.05, 3.63) is 51.7 Å². The highest BCUT2D eigenvalue weighted by Gasteiger charge is 2.14. The number of rotatable bonds is 6. The molecule has 1 aromatic heterocycles. The number of carboxylic acids is 2. The summed E-state index contributed by atoms with van der Waals surface area (Å²) in [5, 5.41) is 20.7. The molecule has 0 saturated carbocycles. The molecule has 24 heavy (non-hydrogen) atoms. The number of thiophene rings is 1. The van der Waals surface area contributed by atoms with Crippen molar-refractivity contribution in [2.45, 2.75) is 12.5 Å². The Labute approximate surface area is 148 Å². The van der Waals surface area contributed by atoms with E-state index in [2.05, 4.69) is 22.8 Å². The van der Waals surface area contributed by atoms with Gasteiger partial charge in [-0.15, -0.1) is 11.3 Å². The fourth-order valence-corrected chi connectivity index (χ4v) is 2.60. The number of benzene rings is 1. The molecule has 3 N–H and O–H groups in total. The van der Waals surface area contributed by atoms with E-state index in [9.17, 15) is 0 Å². The number of carbonyl (C=O) groups is 2. The Kier molecular flexibility index (Phi) is 8.85. The van der Waals surface area contributed by atoms with E-state index in [1.54, 1.807) is 11.3 Å². The van der Waals surface area contributed by atoms with Crippen molar-refractivity contribution >= 4 is 34.9 Å². The van der Waals surface area contributed by atoms with Gasteiger partial charge in [0.1, 0.15) is 11.9 Å². The number of nitrogens with one attached hydrogen (secondary N) is 1. The van der Waals surface area contributed by atoms with Crippen LogP contribution >= 0.6 is 22.9 Å². The van der Waals surface area contributed by atoms with Gasteiger partial charge in [0.25, 0.3) is 0 Å². The van der Waals surface area contributed by atoms with E-state index in [1.165, 1.54) is 4.88 Å². The lowest BCUT2D eigenvalue weighted by Crippen LogP contribution is -2.15. The largest absolute Gasteiger partial charge is 0.485 e. The number of aliphatic carboxylic acids is 2. The lowest BCUT2D eigenvalue weighted by Gasteiger charge is -2.18.